The highest BCUT2D eigenvalue weighted by molar-refractivity contribution is 7.86. The van der Waals surface area contributed by atoms with E-state index in [9.17, 15) is 17.6 Å². The van der Waals surface area contributed by atoms with Crippen molar-refractivity contribution in [1.82, 2.24) is 28.9 Å². The smallest absolute Gasteiger partial charge is 0.281 e. The van der Waals surface area contributed by atoms with Crippen LogP contribution >= 0.6 is 0 Å². The van der Waals surface area contributed by atoms with Gasteiger partial charge in [0.05, 0.1) is 12.7 Å². The molecule has 0 aliphatic carbocycles. The van der Waals surface area contributed by atoms with Crippen LogP contribution in [0.1, 0.15) is 30.8 Å². The summed E-state index contributed by atoms with van der Waals surface area (Å²) in [5.74, 6) is -0.358. The third-order valence-corrected chi connectivity index (χ3v) is 5.62. The molecule has 0 bridgehead atoms. The average Bonchev–Trinajstić information content (AvgIpc) is 3.05. The molecule has 1 amide bonds. The molecule has 1 fully saturated rings. The van der Waals surface area contributed by atoms with Gasteiger partial charge in [-0.25, -0.2) is 4.39 Å². The average molecular weight is 362 g/mol. The van der Waals surface area contributed by atoms with Crippen LogP contribution in [0.2, 0.25) is 0 Å². The van der Waals surface area contributed by atoms with Crippen molar-refractivity contribution >= 4 is 16.1 Å². The fourth-order valence-electron chi connectivity index (χ4n) is 2.53. The zero-order valence-electron chi connectivity index (χ0n) is 14.2. The molecule has 1 saturated heterocycles. The van der Waals surface area contributed by atoms with Gasteiger partial charge >= 0.3 is 0 Å². The van der Waals surface area contributed by atoms with Gasteiger partial charge in [0, 0.05) is 32.7 Å². The Morgan fingerprint density at radius 2 is 2.17 bits per heavy atom. The van der Waals surface area contributed by atoms with Crippen LogP contribution in [0, 0.1) is 0 Å². The molecule has 1 aliphatic heterocycles. The van der Waals surface area contributed by atoms with Gasteiger partial charge in [0.25, 0.3) is 16.1 Å². The second-order valence-corrected chi connectivity index (χ2v) is 8.40. The third kappa shape index (κ3) is 4.08. The SMILES string of the molecule is CC(C)NC(=O)c1cn(C[C@@H]2C[C@H](F)CN2S(=O)(=O)N(C)C)nn1. The Morgan fingerprint density at radius 3 is 2.75 bits per heavy atom. The summed E-state index contributed by atoms with van der Waals surface area (Å²) in [4.78, 5) is 11.9. The van der Waals surface area contributed by atoms with Crippen LogP contribution < -0.4 is 5.32 Å². The Kier molecular flexibility index (Phi) is 5.56. The van der Waals surface area contributed by atoms with Gasteiger partial charge in [-0.15, -0.1) is 5.10 Å². The molecule has 1 N–H and O–H groups in total. The lowest BCUT2D eigenvalue weighted by Crippen LogP contribution is -2.44. The first-order chi connectivity index (χ1) is 11.1. The molecule has 0 spiro atoms. The minimum atomic E-state index is -3.72. The van der Waals surface area contributed by atoms with Crippen LogP contribution in [0.15, 0.2) is 6.20 Å². The van der Waals surface area contributed by atoms with E-state index in [-0.39, 0.29) is 37.2 Å². The fraction of sp³-hybridized carbons (Fsp3) is 0.769. The number of alkyl halides is 1. The van der Waals surface area contributed by atoms with Crippen molar-refractivity contribution in [2.75, 3.05) is 20.6 Å². The molecule has 11 heteroatoms. The predicted octanol–water partition coefficient (Wildman–Crippen LogP) is -0.365. The Morgan fingerprint density at radius 1 is 1.50 bits per heavy atom. The summed E-state index contributed by atoms with van der Waals surface area (Å²) in [5.41, 5.74) is 0.139. The van der Waals surface area contributed by atoms with E-state index in [4.69, 9.17) is 0 Å². The number of carbonyl (C=O) groups excluding carboxylic acids is 1. The second kappa shape index (κ2) is 7.11. The maximum Gasteiger partial charge on any atom is 0.281 e. The summed E-state index contributed by atoms with van der Waals surface area (Å²) >= 11 is 0. The molecule has 1 aromatic heterocycles. The molecule has 24 heavy (non-hydrogen) atoms. The first kappa shape index (κ1) is 18.7. The number of nitrogens with one attached hydrogen (secondary N) is 1. The topological polar surface area (TPSA) is 100 Å². The van der Waals surface area contributed by atoms with E-state index in [2.05, 4.69) is 15.6 Å². The molecule has 1 aromatic rings. The van der Waals surface area contributed by atoms with Crippen molar-refractivity contribution in [3.8, 4) is 0 Å². The van der Waals surface area contributed by atoms with Gasteiger partial charge in [-0.05, 0) is 20.3 Å². The number of hydrogen-bond acceptors (Lipinski definition) is 5. The zero-order chi connectivity index (χ0) is 18.1. The van der Waals surface area contributed by atoms with Gasteiger partial charge in [0.2, 0.25) is 0 Å². The predicted molar refractivity (Wildman–Crippen MR) is 85.2 cm³/mol. The zero-order valence-corrected chi connectivity index (χ0v) is 15.0. The Bertz CT molecular complexity index is 690. The van der Waals surface area contributed by atoms with Gasteiger partial charge < -0.3 is 5.32 Å². The third-order valence-electron chi connectivity index (χ3n) is 3.66. The van der Waals surface area contributed by atoms with E-state index in [1.807, 2.05) is 13.8 Å². The highest BCUT2D eigenvalue weighted by Gasteiger charge is 2.41. The molecule has 1 aliphatic rings. The molecule has 0 radical (unpaired) electrons. The highest BCUT2D eigenvalue weighted by atomic mass is 32.2. The largest absolute Gasteiger partial charge is 0.348 e. The van der Waals surface area contributed by atoms with E-state index in [1.54, 1.807) is 0 Å². The summed E-state index contributed by atoms with van der Waals surface area (Å²) in [5, 5.41) is 10.3. The minimum absolute atomic E-state index is 0.0366. The first-order valence-electron chi connectivity index (χ1n) is 7.65. The monoisotopic (exact) mass is 362 g/mol. The van der Waals surface area contributed by atoms with Crippen molar-refractivity contribution in [2.45, 2.75) is 45.1 Å². The van der Waals surface area contributed by atoms with Crippen LogP contribution in [0.3, 0.4) is 0 Å². The van der Waals surface area contributed by atoms with Crippen LogP contribution in [-0.4, -0.2) is 76.8 Å². The van der Waals surface area contributed by atoms with Crippen LogP contribution in [-0.2, 0) is 16.8 Å². The van der Waals surface area contributed by atoms with Gasteiger partial charge in [-0.2, -0.15) is 17.0 Å². The van der Waals surface area contributed by atoms with E-state index < -0.39 is 22.4 Å². The molecule has 2 atom stereocenters. The Balaban J connectivity index is 2.12. The fourth-order valence-corrected chi connectivity index (χ4v) is 3.83. The second-order valence-electron chi connectivity index (χ2n) is 6.30. The Labute approximate surface area is 141 Å². The number of nitrogens with zero attached hydrogens (tertiary/aromatic N) is 5. The number of carbonyl (C=O) groups is 1. The molecule has 136 valence electrons. The van der Waals surface area contributed by atoms with E-state index in [0.717, 1.165) is 8.61 Å². The molecule has 2 rings (SSSR count). The van der Waals surface area contributed by atoms with Gasteiger partial charge in [0.15, 0.2) is 5.69 Å². The Hall–Kier alpha value is -1.59. The van der Waals surface area contributed by atoms with E-state index >= 15 is 0 Å². The van der Waals surface area contributed by atoms with Crippen molar-refractivity contribution in [2.24, 2.45) is 0 Å². The van der Waals surface area contributed by atoms with Crippen molar-refractivity contribution < 1.29 is 17.6 Å². The van der Waals surface area contributed by atoms with Crippen molar-refractivity contribution in [3.63, 3.8) is 0 Å². The summed E-state index contributed by atoms with van der Waals surface area (Å²) in [7, 11) is -0.909. The number of halogens is 1. The van der Waals surface area contributed by atoms with Gasteiger partial charge in [-0.1, -0.05) is 5.21 Å². The number of hydrogen-bond donors (Lipinski definition) is 1. The first-order valence-corrected chi connectivity index (χ1v) is 9.05. The maximum absolute atomic E-state index is 13.8. The summed E-state index contributed by atoms with van der Waals surface area (Å²) < 4.78 is 41.9. The molecule has 2 heterocycles. The minimum Gasteiger partial charge on any atom is -0.348 e. The van der Waals surface area contributed by atoms with E-state index in [0.29, 0.717) is 0 Å². The lowest BCUT2D eigenvalue weighted by atomic mass is 10.2. The summed E-state index contributed by atoms with van der Waals surface area (Å²) in [6.45, 7) is 3.61. The molecule has 0 aromatic carbocycles. The quantitative estimate of drug-likeness (QED) is 0.745. The number of amides is 1. The highest BCUT2D eigenvalue weighted by Crippen LogP contribution is 2.25. The molecule has 0 saturated carbocycles. The normalized spacial score (nSPS) is 22.5. The van der Waals surface area contributed by atoms with Crippen molar-refractivity contribution in [1.29, 1.82) is 0 Å². The van der Waals surface area contributed by atoms with Gasteiger partial charge in [0.1, 0.15) is 6.17 Å². The van der Waals surface area contributed by atoms with Crippen molar-refractivity contribution in [3.05, 3.63) is 11.9 Å². The maximum atomic E-state index is 13.8. The molecule has 9 nitrogen and oxygen atoms in total. The van der Waals surface area contributed by atoms with Crippen LogP contribution in [0.5, 0.6) is 0 Å². The molecular weight excluding hydrogens is 339 g/mol. The van der Waals surface area contributed by atoms with E-state index in [1.165, 1.54) is 25.0 Å². The standard InChI is InChI=1S/C13H23FN6O3S/c1-9(2)15-13(21)12-8-19(17-16-12)7-11-5-10(14)6-20(11)24(22,23)18(3)4/h8-11H,5-7H2,1-4H3,(H,15,21)/t10-,11-/m0/s1. The van der Waals surface area contributed by atoms with Gasteiger partial charge in [-0.3, -0.25) is 9.48 Å². The molecule has 0 unspecified atom stereocenters. The number of rotatable bonds is 6. The lowest BCUT2D eigenvalue weighted by molar-refractivity contribution is 0.0938. The number of aromatic nitrogens is 3. The summed E-state index contributed by atoms with van der Waals surface area (Å²) in [6.07, 6.45) is 0.293. The lowest BCUT2D eigenvalue weighted by Gasteiger charge is -2.26. The molecular formula is C13H23FN6O3S. The van der Waals surface area contributed by atoms with Crippen LogP contribution in [0.4, 0.5) is 4.39 Å². The summed E-state index contributed by atoms with van der Waals surface area (Å²) in [6, 6.07) is -0.611. The van der Waals surface area contributed by atoms with Crippen LogP contribution in [0.25, 0.3) is 0 Å².